The monoisotopic (exact) mass is 179 g/mol. The number of aromatic nitrogens is 2. The number of aryl methyl sites for hydroxylation is 1. The summed E-state index contributed by atoms with van der Waals surface area (Å²) in [6.45, 7) is 3.26. The number of hydrogen-bond acceptors (Lipinski definition) is 2. The highest BCUT2D eigenvalue weighted by molar-refractivity contribution is 4.98. The molecule has 0 bridgehead atoms. The lowest BCUT2D eigenvalue weighted by molar-refractivity contribution is 0.239. The number of hydrogen-bond donors (Lipinski definition) is 1. The molecule has 72 valence electrons. The van der Waals surface area contributed by atoms with E-state index >= 15 is 0 Å². The minimum atomic E-state index is 0.741. The molecule has 1 aromatic rings. The Morgan fingerprint density at radius 2 is 2.38 bits per heavy atom. The van der Waals surface area contributed by atoms with E-state index in [0.717, 1.165) is 18.5 Å². The molecule has 0 spiro atoms. The summed E-state index contributed by atoms with van der Waals surface area (Å²) in [5.41, 5.74) is 1.26. The fourth-order valence-electron chi connectivity index (χ4n) is 1.87. The van der Waals surface area contributed by atoms with Crippen LogP contribution in [0.5, 0.6) is 0 Å². The standard InChI is InChI=1S/C10H17N3/c1-8-3-9(4-8)12-6-10-5-11-7-13(10)2/h5,7-9,12H,3-4,6H2,1-2H3. The fourth-order valence-corrected chi connectivity index (χ4v) is 1.87. The molecule has 1 fully saturated rings. The minimum Gasteiger partial charge on any atom is -0.337 e. The van der Waals surface area contributed by atoms with Crippen LogP contribution < -0.4 is 5.32 Å². The molecular weight excluding hydrogens is 162 g/mol. The second kappa shape index (κ2) is 3.50. The Labute approximate surface area is 79.2 Å². The van der Waals surface area contributed by atoms with E-state index in [-0.39, 0.29) is 0 Å². The zero-order chi connectivity index (χ0) is 9.26. The number of rotatable bonds is 3. The highest BCUT2D eigenvalue weighted by atomic mass is 15.1. The smallest absolute Gasteiger partial charge is 0.0945 e. The van der Waals surface area contributed by atoms with Gasteiger partial charge in [0.15, 0.2) is 0 Å². The maximum Gasteiger partial charge on any atom is 0.0945 e. The third-order valence-electron chi connectivity index (χ3n) is 2.86. The van der Waals surface area contributed by atoms with E-state index in [4.69, 9.17) is 0 Å². The minimum absolute atomic E-state index is 0.741. The van der Waals surface area contributed by atoms with Gasteiger partial charge in [0.05, 0.1) is 12.0 Å². The lowest BCUT2D eigenvalue weighted by Crippen LogP contribution is -2.39. The molecule has 0 aromatic carbocycles. The Morgan fingerprint density at radius 1 is 1.62 bits per heavy atom. The van der Waals surface area contributed by atoms with Crippen LogP contribution in [0.15, 0.2) is 12.5 Å². The van der Waals surface area contributed by atoms with E-state index in [0.29, 0.717) is 0 Å². The van der Waals surface area contributed by atoms with Crippen molar-refractivity contribution < 1.29 is 0 Å². The summed E-state index contributed by atoms with van der Waals surface area (Å²) < 4.78 is 2.06. The van der Waals surface area contributed by atoms with Crippen molar-refractivity contribution in [2.75, 3.05) is 0 Å². The second-order valence-corrected chi connectivity index (χ2v) is 4.15. The van der Waals surface area contributed by atoms with Gasteiger partial charge in [0, 0.05) is 25.8 Å². The van der Waals surface area contributed by atoms with Crippen molar-refractivity contribution in [1.29, 1.82) is 0 Å². The molecular formula is C10H17N3. The van der Waals surface area contributed by atoms with Crippen LogP contribution in [0.4, 0.5) is 0 Å². The van der Waals surface area contributed by atoms with Gasteiger partial charge in [0.25, 0.3) is 0 Å². The van der Waals surface area contributed by atoms with E-state index in [1.807, 2.05) is 19.6 Å². The summed E-state index contributed by atoms with van der Waals surface area (Å²) in [5.74, 6) is 0.920. The molecule has 0 saturated heterocycles. The molecule has 0 aliphatic heterocycles. The van der Waals surface area contributed by atoms with Crippen molar-refractivity contribution in [3.8, 4) is 0 Å². The first kappa shape index (κ1) is 8.75. The summed E-state index contributed by atoms with van der Waals surface area (Å²) in [6.07, 6.45) is 6.44. The zero-order valence-electron chi connectivity index (χ0n) is 8.33. The average Bonchev–Trinajstić information content (AvgIpc) is 2.43. The van der Waals surface area contributed by atoms with Gasteiger partial charge in [-0.3, -0.25) is 0 Å². The van der Waals surface area contributed by atoms with Crippen molar-refractivity contribution in [2.45, 2.75) is 32.4 Å². The second-order valence-electron chi connectivity index (χ2n) is 4.15. The van der Waals surface area contributed by atoms with E-state index in [2.05, 4.69) is 21.8 Å². The van der Waals surface area contributed by atoms with Crippen molar-refractivity contribution in [1.82, 2.24) is 14.9 Å². The summed E-state index contributed by atoms with van der Waals surface area (Å²) in [4.78, 5) is 4.08. The van der Waals surface area contributed by atoms with E-state index < -0.39 is 0 Å². The number of nitrogens with one attached hydrogen (secondary N) is 1. The highest BCUT2D eigenvalue weighted by Gasteiger charge is 2.24. The highest BCUT2D eigenvalue weighted by Crippen LogP contribution is 2.26. The predicted octanol–water partition coefficient (Wildman–Crippen LogP) is 1.31. The molecule has 1 saturated carbocycles. The van der Waals surface area contributed by atoms with Crippen LogP contribution in [-0.2, 0) is 13.6 Å². The first-order chi connectivity index (χ1) is 6.25. The SMILES string of the molecule is CC1CC(NCc2cncn2C)C1. The summed E-state index contributed by atoms with van der Waals surface area (Å²) in [5, 5.41) is 3.53. The van der Waals surface area contributed by atoms with Gasteiger partial charge in [-0.2, -0.15) is 0 Å². The molecule has 3 heteroatoms. The molecule has 3 nitrogen and oxygen atoms in total. The van der Waals surface area contributed by atoms with Gasteiger partial charge in [-0.05, 0) is 18.8 Å². The van der Waals surface area contributed by atoms with Crippen LogP contribution in [-0.4, -0.2) is 15.6 Å². The first-order valence-corrected chi connectivity index (χ1v) is 4.94. The molecule has 0 atom stereocenters. The Morgan fingerprint density at radius 3 is 2.92 bits per heavy atom. The van der Waals surface area contributed by atoms with E-state index in [1.54, 1.807) is 0 Å². The van der Waals surface area contributed by atoms with Gasteiger partial charge in [0.1, 0.15) is 0 Å². The summed E-state index contributed by atoms with van der Waals surface area (Å²) in [7, 11) is 2.04. The average molecular weight is 179 g/mol. The van der Waals surface area contributed by atoms with Crippen LogP contribution in [0.2, 0.25) is 0 Å². The van der Waals surface area contributed by atoms with Crippen molar-refractivity contribution in [3.63, 3.8) is 0 Å². The maximum absolute atomic E-state index is 4.08. The Kier molecular flexibility index (Phi) is 2.36. The number of imidazole rings is 1. The van der Waals surface area contributed by atoms with Crippen LogP contribution in [0, 0.1) is 5.92 Å². The maximum atomic E-state index is 4.08. The Hall–Kier alpha value is -0.830. The molecule has 0 radical (unpaired) electrons. The van der Waals surface area contributed by atoms with Crippen molar-refractivity contribution in [2.24, 2.45) is 13.0 Å². The largest absolute Gasteiger partial charge is 0.337 e. The molecule has 1 aliphatic carbocycles. The van der Waals surface area contributed by atoms with Gasteiger partial charge in [0.2, 0.25) is 0 Å². The topological polar surface area (TPSA) is 29.9 Å². The van der Waals surface area contributed by atoms with E-state index in [1.165, 1.54) is 18.5 Å². The lowest BCUT2D eigenvalue weighted by Gasteiger charge is -2.33. The van der Waals surface area contributed by atoms with Gasteiger partial charge in [-0.15, -0.1) is 0 Å². The van der Waals surface area contributed by atoms with Crippen LogP contribution in [0.3, 0.4) is 0 Å². The Balaban J connectivity index is 1.77. The molecule has 1 heterocycles. The van der Waals surface area contributed by atoms with Crippen molar-refractivity contribution in [3.05, 3.63) is 18.2 Å². The van der Waals surface area contributed by atoms with Gasteiger partial charge >= 0.3 is 0 Å². The zero-order valence-corrected chi connectivity index (χ0v) is 8.33. The summed E-state index contributed by atoms with van der Waals surface area (Å²) in [6, 6.07) is 0.741. The van der Waals surface area contributed by atoms with E-state index in [9.17, 15) is 0 Å². The van der Waals surface area contributed by atoms with Gasteiger partial charge in [-0.1, -0.05) is 6.92 Å². The van der Waals surface area contributed by atoms with Gasteiger partial charge < -0.3 is 9.88 Å². The molecule has 0 unspecified atom stereocenters. The quantitative estimate of drug-likeness (QED) is 0.758. The lowest BCUT2D eigenvalue weighted by atomic mass is 9.82. The molecule has 1 aliphatic rings. The van der Waals surface area contributed by atoms with Gasteiger partial charge in [-0.25, -0.2) is 4.98 Å². The van der Waals surface area contributed by atoms with Crippen LogP contribution in [0.25, 0.3) is 0 Å². The number of nitrogens with zero attached hydrogens (tertiary/aromatic N) is 2. The predicted molar refractivity (Wildman–Crippen MR) is 52.2 cm³/mol. The molecule has 2 rings (SSSR count). The van der Waals surface area contributed by atoms with Crippen molar-refractivity contribution >= 4 is 0 Å². The fraction of sp³-hybridized carbons (Fsp3) is 0.700. The van der Waals surface area contributed by atoms with Crippen LogP contribution >= 0.6 is 0 Å². The summed E-state index contributed by atoms with van der Waals surface area (Å²) >= 11 is 0. The molecule has 0 amide bonds. The molecule has 1 aromatic heterocycles. The Bertz CT molecular complexity index is 273. The third kappa shape index (κ3) is 1.91. The normalized spacial score (nSPS) is 27.2. The first-order valence-electron chi connectivity index (χ1n) is 4.94. The third-order valence-corrected chi connectivity index (χ3v) is 2.86. The molecule has 1 N–H and O–H groups in total. The molecule has 13 heavy (non-hydrogen) atoms. The van der Waals surface area contributed by atoms with Crippen LogP contribution in [0.1, 0.15) is 25.5 Å².